The van der Waals surface area contributed by atoms with Crippen LogP contribution in [-0.2, 0) is 0 Å². The minimum Gasteiger partial charge on any atom is -0.493 e. The molecule has 1 atom stereocenters. The van der Waals surface area contributed by atoms with E-state index in [0.29, 0.717) is 5.92 Å². The summed E-state index contributed by atoms with van der Waals surface area (Å²) >= 11 is 0. The fourth-order valence-corrected chi connectivity index (χ4v) is 6.43. The number of benzene rings is 2. The third kappa shape index (κ3) is 4.88. The first kappa shape index (κ1) is 25.2. The first-order chi connectivity index (χ1) is 17.5. The van der Waals surface area contributed by atoms with Gasteiger partial charge in [-0.1, -0.05) is 13.0 Å². The molecule has 5 heteroatoms. The minimum absolute atomic E-state index is 0.657. The van der Waals surface area contributed by atoms with Crippen molar-refractivity contribution >= 4 is 10.9 Å². The molecule has 1 unspecified atom stereocenters. The Hall–Kier alpha value is -2.50. The van der Waals surface area contributed by atoms with Crippen LogP contribution in [0.15, 0.2) is 36.4 Å². The molecule has 0 saturated carbocycles. The second-order valence-electron chi connectivity index (χ2n) is 10.8. The SMILES string of the molecule is CCC(C)N1CCC(N2CCC(c3ccc4[nH]c(-c5ccc(OC)c(OC)c5)c(C)c4c3)CC2)CC1. The van der Waals surface area contributed by atoms with Crippen LogP contribution in [0.5, 0.6) is 11.5 Å². The van der Waals surface area contributed by atoms with E-state index in [2.05, 4.69) is 65.9 Å². The second-order valence-corrected chi connectivity index (χ2v) is 10.8. The maximum Gasteiger partial charge on any atom is 0.161 e. The molecule has 0 radical (unpaired) electrons. The van der Waals surface area contributed by atoms with Gasteiger partial charge in [0, 0.05) is 34.2 Å². The number of methoxy groups -OCH3 is 2. The smallest absolute Gasteiger partial charge is 0.161 e. The Morgan fingerprint density at radius 3 is 2.31 bits per heavy atom. The zero-order valence-electron chi connectivity index (χ0n) is 22.8. The van der Waals surface area contributed by atoms with E-state index in [0.717, 1.165) is 34.8 Å². The van der Waals surface area contributed by atoms with Crippen LogP contribution in [0.4, 0.5) is 0 Å². The number of aromatic amines is 1. The molecule has 1 N–H and O–H groups in total. The molecule has 2 aromatic carbocycles. The van der Waals surface area contributed by atoms with Crippen LogP contribution < -0.4 is 9.47 Å². The van der Waals surface area contributed by atoms with Gasteiger partial charge in [-0.2, -0.15) is 0 Å². The van der Waals surface area contributed by atoms with Crippen molar-refractivity contribution in [1.29, 1.82) is 0 Å². The van der Waals surface area contributed by atoms with Gasteiger partial charge in [-0.3, -0.25) is 0 Å². The average Bonchev–Trinajstić information content (AvgIpc) is 3.27. The summed E-state index contributed by atoms with van der Waals surface area (Å²) in [7, 11) is 3.36. The van der Waals surface area contributed by atoms with Crippen LogP contribution in [0.2, 0.25) is 0 Å². The van der Waals surface area contributed by atoms with E-state index in [-0.39, 0.29) is 0 Å². The predicted molar refractivity (Wildman–Crippen MR) is 149 cm³/mol. The van der Waals surface area contributed by atoms with Crippen LogP contribution in [-0.4, -0.2) is 67.3 Å². The summed E-state index contributed by atoms with van der Waals surface area (Å²) in [5.74, 6) is 2.17. The summed E-state index contributed by atoms with van der Waals surface area (Å²) in [5, 5.41) is 1.33. The van der Waals surface area contributed by atoms with Crippen molar-refractivity contribution in [2.24, 2.45) is 0 Å². The molecule has 0 bridgehead atoms. The van der Waals surface area contributed by atoms with Gasteiger partial charge in [0.15, 0.2) is 11.5 Å². The fourth-order valence-electron chi connectivity index (χ4n) is 6.43. The van der Waals surface area contributed by atoms with Crippen LogP contribution >= 0.6 is 0 Å². The Morgan fingerprint density at radius 1 is 0.917 bits per heavy atom. The number of nitrogens with zero attached hydrogens (tertiary/aromatic N) is 2. The number of rotatable bonds is 7. The highest BCUT2D eigenvalue weighted by molar-refractivity contribution is 5.91. The largest absolute Gasteiger partial charge is 0.493 e. The lowest BCUT2D eigenvalue weighted by Gasteiger charge is -2.43. The maximum atomic E-state index is 5.54. The minimum atomic E-state index is 0.657. The van der Waals surface area contributed by atoms with Crippen LogP contribution in [0, 0.1) is 6.92 Å². The number of H-pyrrole nitrogens is 1. The highest BCUT2D eigenvalue weighted by Crippen LogP contribution is 2.38. The molecule has 2 aliphatic heterocycles. The maximum absolute atomic E-state index is 5.54. The van der Waals surface area contributed by atoms with E-state index in [9.17, 15) is 0 Å². The highest BCUT2D eigenvalue weighted by Gasteiger charge is 2.30. The lowest BCUT2D eigenvalue weighted by atomic mass is 9.87. The lowest BCUT2D eigenvalue weighted by molar-refractivity contribution is 0.0711. The Bertz CT molecular complexity index is 1170. The number of aryl methyl sites for hydroxylation is 1. The van der Waals surface area contributed by atoms with E-state index >= 15 is 0 Å². The van der Waals surface area contributed by atoms with Gasteiger partial charge in [-0.15, -0.1) is 0 Å². The molecule has 36 heavy (non-hydrogen) atoms. The number of fused-ring (bicyclic) bond motifs is 1. The third-order valence-electron chi connectivity index (χ3n) is 8.99. The van der Waals surface area contributed by atoms with Crippen molar-refractivity contribution in [3.63, 3.8) is 0 Å². The molecule has 3 heterocycles. The van der Waals surface area contributed by atoms with Crippen molar-refractivity contribution < 1.29 is 9.47 Å². The van der Waals surface area contributed by atoms with Gasteiger partial charge < -0.3 is 24.3 Å². The fraction of sp³-hybridized carbons (Fsp3) is 0.548. The Kier molecular flexibility index (Phi) is 7.59. The number of aromatic nitrogens is 1. The van der Waals surface area contributed by atoms with E-state index in [1.54, 1.807) is 14.2 Å². The van der Waals surface area contributed by atoms with Crippen molar-refractivity contribution in [3.05, 3.63) is 47.5 Å². The first-order valence-corrected chi connectivity index (χ1v) is 13.8. The molecule has 5 nitrogen and oxygen atoms in total. The molecule has 0 aliphatic carbocycles. The molecule has 1 aromatic heterocycles. The van der Waals surface area contributed by atoms with Crippen molar-refractivity contribution in [3.8, 4) is 22.8 Å². The van der Waals surface area contributed by atoms with Gasteiger partial charge in [0.1, 0.15) is 0 Å². The molecule has 2 aliphatic rings. The summed E-state index contributed by atoms with van der Waals surface area (Å²) in [4.78, 5) is 9.14. The molecule has 0 amide bonds. The monoisotopic (exact) mass is 489 g/mol. The zero-order chi connectivity index (χ0) is 25.2. The van der Waals surface area contributed by atoms with Crippen LogP contribution in [0.3, 0.4) is 0 Å². The van der Waals surface area contributed by atoms with Crippen LogP contribution in [0.25, 0.3) is 22.2 Å². The van der Waals surface area contributed by atoms with Gasteiger partial charge >= 0.3 is 0 Å². The first-order valence-electron chi connectivity index (χ1n) is 13.8. The molecular formula is C31H43N3O2. The number of piperidine rings is 2. The Balaban J connectivity index is 1.27. The summed E-state index contributed by atoms with van der Waals surface area (Å²) in [6, 6.07) is 14.7. The summed E-state index contributed by atoms with van der Waals surface area (Å²) in [5.41, 5.74) is 6.27. The summed E-state index contributed by atoms with van der Waals surface area (Å²) in [6.07, 6.45) is 6.47. The van der Waals surface area contributed by atoms with Gasteiger partial charge in [0.2, 0.25) is 0 Å². The second kappa shape index (κ2) is 10.9. The Labute approximate surface area is 216 Å². The number of hydrogen-bond acceptors (Lipinski definition) is 4. The number of nitrogens with one attached hydrogen (secondary N) is 1. The van der Waals surface area contributed by atoms with Crippen LogP contribution in [0.1, 0.15) is 63.0 Å². The van der Waals surface area contributed by atoms with E-state index in [1.165, 1.54) is 80.3 Å². The zero-order valence-corrected chi connectivity index (χ0v) is 22.8. The lowest BCUT2D eigenvalue weighted by Crippen LogP contribution is -2.49. The molecule has 3 aromatic rings. The topological polar surface area (TPSA) is 40.7 Å². The molecule has 0 spiro atoms. The summed E-state index contributed by atoms with van der Waals surface area (Å²) < 4.78 is 11.0. The predicted octanol–water partition coefficient (Wildman–Crippen LogP) is 6.60. The summed E-state index contributed by atoms with van der Waals surface area (Å²) in [6.45, 7) is 11.9. The van der Waals surface area contributed by atoms with Gasteiger partial charge in [0.25, 0.3) is 0 Å². The third-order valence-corrected chi connectivity index (χ3v) is 8.99. The standard InChI is InChI=1S/C31H43N3O2/c1-6-21(2)33-17-13-26(14-18-33)34-15-11-23(12-16-34)24-7-9-28-27(19-24)22(3)31(32-28)25-8-10-29(35-4)30(20-25)36-5/h7-10,19-21,23,26,32H,6,11-18H2,1-5H3. The normalized spacial score (nSPS) is 19.6. The van der Waals surface area contributed by atoms with Gasteiger partial charge in [0.05, 0.1) is 14.2 Å². The van der Waals surface area contributed by atoms with Crippen molar-refractivity contribution in [1.82, 2.24) is 14.8 Å². The molecule has 194 valence electrons. The van der Waals surface area contributed by atoms with Crippen molar-refractivity contribution in [2.75, 3.05) is 40.4 Å². The van der Waals surface area contributed by atoms with E-state index in [4.69, 9.17) is 9.47 Å². The molecular weight excluding hydrogens is 446 g/mol. The van der Waals surface area contributed by atoms with Gasteiger partial charge in [-0.05, 0) is 120 Å². The molecule has 2 saturated heterocycles. The van der Waals surface area contributed by atoms with Gasteiger partial charge in [-0.25, -0.2) is 0 Å². The molecule has 2 fully saturated rings. The van der Waals surface area contributed by atoms with Crippen molar-refractivity contribution in [2.45, 2.75) is 70.9 Å². The number of ether oxygens (including phenoxy) is 2. The van der Waals surface area contributed by atoms with E-state index in [1.807, 2.05) is 6.07 Å². The highest BCUT2D eigenvalue weighted by atomic mass is 16.5. The van der Waals surface area contributed by atoms with E-state index < -0.39 is 0 Å². The Morgan fingerprint density at radius 2 is 1.64 bits per heavy atom. The quantitative estimate of drug-likeness (QED) is 0.406. The number of likely N-dealkylation sites (tertiary alicyclic amines) is 2. The number of hydrogen-bond donors (Lipinski definition) is 1. The molecule has 5 rings (SSSR count). The average molecular weight is 490 g/mol.